The molecule has 2 aromatic carbocycles. The maximum atomic E-state index is 13.2. The molecule has 0 aliphatic rings. The molecule has 0 amide bonds. The second-order valence-electron chi connectivity index (χ2n) is 4.96. The number of benzene rings is 2. The lowest BCUT2D eigenvalue weighted by Crippen LogP contribution is -2.06. The van der Waals surface area contributed by atoms with Crippen molar-refractivity contribution in [3.05, 3.63) is 58.4 Å². The minimum Gasteiger partial charge on any atom is -0.397 e. The predicted molar refractivity (Wildman–Crippen MR) is 78.8 cm³/mol. The normalized spacial score (nSPS) is 10.5. The average molecular weight is 258 g/mol. The van der Waals surface area contributed by atoms with Gasteiger partial charge in [-0.3, -0.25) is 0 Å². The molecule has 0 saturated heterocycles. The van der Waals surface area contributed by atoms with Gasteiger partial charge in [0.15, 0.2) is 0 Å². The van der Waals surface area contributed by atoms with Gasteiger partial charge < -0.3 is 11.1 Å². The number of rotatable bonds is 3. The lowest BCUT2D eigenvalue weighted by atomic mass is 10.00. The van der Waals surface area contributed by atoms with Gasteiger partial charge in [-0.25, -0.2) is 4.39 Å². The van der Waals surface area contributed by atoms with Crippen molar-refractivity contribution in [3.8, 4) is 0 Å². The third-order valence-corrected chi connectivity index (χ3v) is 3.31. The quantitative estimate of drug-likeness (QED) is 0.818. The summed E-state index contributed by atoms with van der Waals surface area (Å²) in [5, 5.41) is 3.21. The summed E-state index contributed by atoms with van der Waals surface area (Å²) in [6, 6.07) is 8.67. The molecule has 2 aromatic rings. The van der Waals surface area contributed by atoms with Crippen molar-refractivity contribution >= 4 is 11.4 Å². The van der Waals surface area contributed by atoms with E-state index in [4.69, 9.17) is 5.73 Å². The van der Waals surface area contributed by atoms with Gasteiger partial charge >= 0.3 is 0 Å². The largest absolute Gasteiger partial charge is 0.397 e. The van der Waals surface area contributed by atoms with Gasteiger partial charge in [0.2, 0.25) is 0 Å². The molecule has 0 spiro atoms. The van der Waals surface area contributed by atoms with Gasteiger partial charge in [0.05, 0.1) is 11.4 Å². The molecule has 0 aromatic heterocycles. The van der Waals surface area contributed by atoms with E-state index in [1.807, 2.05) is 0 Å². The Hall–Kier alpha value is -2.03. The van der Waals surface area contributed by atoms with Crippen molar-refractivity contribution in [3.63, 3.8) is 0 Å². The van der Waals surface area contributed by atoms with E-state index < -0.39 is 0 Å². The molecule has 3 heteroatoms. The van der Waals surface area contributed by atoms with Crippen LogP contribution >= 0.6 is 0 Å². The fourth-order valence-electron chi connectivity index (χ4n) is 2.35. The van der Waals surface area contributed by atoms with Crippen LogP contribution in [-0.2, 0) is 6.54 Å². The van der Waals surface area contributed by atoms with Crippen LogP contribution in [0.3, 0.4) is 0 Å². The van der Waals surface area contributed by atoms with Gasteiger partial charge in [0, 0.05) is 6.54 Å². The Kier molecular flexibility index (Phi) is 3.74. The fraction of sp³-hybridized carbons (Fsp3) is 0.250. The Bertz CT molecular complexity index is 583. The zero-order chi connectivity index (χ0) is 14.0. The maximum absolute atomic E-state index is 13.2. The maximum Gasteiger partial charge on any atom is 0.125 e. The third kappa shape index (κ3) is 3.05. The molecule has 0 heterocycles. The van der Waals surface area contributed by atoms with Crippen LogP contribution in [-0.4, -0.2) is 0 Å². The van der Waals surface area contributed by atoms with Gasteiger partial charge in [0.25, 0.3) is 0 Å². The first-order valence-corrected chi connectivity index (χ1v) is 6.33. The van der Waals surface area contributed by atoms with Gasteiger partial charge in [0.1, 0.15) is 5.82 Å². The summed E-state index contributed by atoms with van der Waals surface area (Å²) in [6.07, 6.45) is 0. The van der Waals surface area contributed by atoms with Gasteiger partial charge in [-0.2, -0.15) is 0 Å². The molecule has 3 N–H and O–H groups in total. The minimum absolute atomic E-state index is 0.283. The second-order valence-corrected chi connectivity index (χ2v) is 4.96. The standard InChI is InChI=1S/C16H19FN2/c1-10-6-11(2)14(12(3)7-10)9-19-16-8-13(17)4-5-15(16)18/h4-8,19H,9,18H2,1-3H3. The molecular weight excluding hydrogens is 239 g/mol. The van der Waals surface area contributed by atoms with E-state index in [2.05, 4.69) is 38.2 Å². The van der Waals surface area contributed by atoms with Crippen molar-refractivity contribution in [2.75, 3.05) is 11.1 Å². The second kappa shape index (κ2) is 5.31. The van der Waals surface area contributed by atoms with Gasteiger partial charge in [-0.15, -0.1) is 0 Å². The van der Waals surface area contributed by atoms with Crippen LogP contribution < -0.4 is 11.1 Å². The molecule has 100 valence electrons. The molecular formula is C16H19FN2. The van der Waals surface area contributed by atoms with Crippen LogP contribution in [0.4, 0.5) is 15.8 Å². The van der Waals surface area contributed by atoms with E-state index in [0.717, 1.165) is 0 Å². The first kappa shape index (κ1) is 13.4. The minimum atomic E-state index is -0.283. The van der Waals surface area contributed by atoms with Crippen LogP contribution in [0.15, 0.2) is 30.3 Å². The number of nitrogen functional groups attached to an aromatic ring is 1. The number of hydrogen-bond acceptors (Lipinski definition) is 2. The van der Waals surface area contributed by atoms with E-state index in [0.29, 0.717) is 17.9 Å². The number of halogens is 1. The number of aryl methyl sites for hydroxylation is 3. The first-order valence-electron chi connectivity index (χ1n) is 6.33. The van der Waals surface area contributed by atoms with Crippen molar-refractivity contribution in [2.24, 2.45) is 0 Å². The van der Waals surface area contributed by atoms with Crippen molar-refractivity contribution < 1.29 is 4.39 Å². The molecule has 19 heavy (non-hydrogen) atoms. The highest BCUT2D eigenvalue weighted by atomic mass is 19.1. The zero-order valence-corrected chi connectivity index (χ0v) is 11.5. The number of hydrogen-bond donors (Lipinski definition) is 2. The fourth-order valence-corrected chi connectivity index (χ4v) is 2.35. The Morgan fingerprint density at radius 1 is 1.05 bits per heavy atom. The van der Waals surface area contributed by atoms with Crippen LogP contribution in [0, 0.1) is 26.6 Å². The van der Waals surface area contributed by atoms with Crippen molar-refractivity contribution in [2.45, 2.75) is 27.3 Å². The molecule has 2 rings (SSSR count). The van der Waals surface area contributed by atoms with E-state index in [1.165, 1.54) is 34.4 Å². The summed E-state index contributed by atoms with van der Waals surface area (Å²) >= 11 is 0. The molecule has 0 bridgehead atoms. The highest BCUT2D eigenvalue weighted by molar-refractivity contribution is 5.66. The topological polar surface area (TPSA) is 38.0 Å². The van der Waals surface area contributed by atoms with Crippen molar-refractivity contribution in [1.82, 2.24) is 0 Å². The molecule has 0 aliphatic heterocycles. The summed E-state index contributed by atoms with van der Waals surface area (Å²) < 4.78 is 13.2. The molecule has 2 nitrogen and oxygen atoms in total. The molecule has 0 radical (unpaired) electrons. The molecule has 0 fully saturated rings. The van der Waals surface area contributed by atoms with E-state index in [9.17, 15) is 4.39 Å². The van der Waals surface area contributed by atoms with Gasteiger partial charge in [-0.1, -0.05) is 17.7 Å². The van der Waals surface area contributed by atoms with Crippen LogP contribution in [0.2, 0.25) is 0 Å². The summed E-state index contributed by atoms with van der Waals surface area (Å²) in [4.78, 5) is 0. The van der Waals surface area contributed by atoms with E-state index in [-0.39, 0.29) is 5.82 Å². The highest BCUT2D eigenvalue weighted by Crippen LogP contribution is 2.22. The third-order valence-electron chi connectivity index (χ3n) is 3.31. The molecule has 0 aliphatic carbocycles. The first-order chi connectivity index (χ1) is 8.97. The Morgan fingerprint density at radius 2 is 1.68 bits per heavy atom. The van der Waals surface area contributed by atoms with Crippen LogP contribution in [0.5, 0.6) is 0 Å². The highest BCUT2D eigenvalue weighted by Gasteiger charge is 2.05. The Labute approximate surface area is 113 Å². The Morgan fingerprint density at radius 3 is 2.32 bits per heavy atom. The zero-order valence-electron chi connectivity index (χ0n) is 11.5. The van der Waals surface area contributed by atoms with Gasteiger partial charge in [-0.05, 0) is 55.7 Å². The van der Waals surface area contributed by atoms with Crippen LogP contribution in [0.25, 0.3) is 0 Å². The molecule has 0 unspecified atom stereocenters. The monoisotopic (exact) mass is 258 g/mol. The van der Waals surface area contributed by atoms with Crippen molar-refractivity contribution in [1.29, 1.82) is 0 Å². The average Bonchev–Trinajstić information content (AvgIpc) is 2.32. The lowest BCUT2D eigenvalue weighted by Gasteiger charge is -2.14. The summed E-state index contributed by atoms with van der Waals surface area (Å²) in [6.45, 7) is 6.91. The van der Waals surface area contributed by atoms with Crippen LogP contribution in [0.1, 0.15) is 22.3 Å². The molecule has 0 atom stereocenters. The Balaban J connectivity index is 2.21. The molecule has 0 saturated carbocycles. The summed E-state index contributed by atoms with van der Waals surface area (Å²) in [7, 11) is 0. The summed E-state index contributed by atoms with van der Waals surface area (Å²) in [5.41, 5.74) is 12.0. The lowest BCUT2D eigenvalue weighted by molar-refractivity contribution is 0.628. The SMILES string of the molecule is Cc1cc(C)c(CNc2cc(F)ccc2N)c(C)c1. The number of anilines is 2. The summed E-state index contributed by atoms with van der Waals surface area (Å²) in [5.74, 6) is -0.283. The van der Waals surface area contributed by atoms with E-state index in [1.54, 1.807) is 6.07 Å². The number of nitrogens with one attached hydrogen (secondary N) is 1. The predicted octanol–water partition coefficient (Wildman–Crippen LogP) is 3.95. The van der Waals surface area contributed by atoms with E-state index >= 15 is 0 Å². The smallest absolute Gasteiger partial charge is 0.125 e. The number of nitrogens with two attached hydrogens (primary N) is 1.